The van der Waals surface area contributed by atoms with Crippen LogP contribution in [-0.2, 0) is 19.4 Å². The third kappa shape index (κ3) is 3.21. The highest BCUT2D eigenvalue weighted by atomic mass is 32.1. The van der Waals surface area contributed by atoms with Gasteiger partial charge >= 0.3 is 0 Å². The maximum absolute atomic E-state index is 10.8. The van der Waals surface area contributed by atoms with Crippen molar-refractivity contribution < 1.29 is 9.66 Å². The van der Waals surface area contributed by atoms with Crippen LogP contribution in [-0.4, -0.2) is 24.5 Å². The molecule has 0 amide bonds. The Bertz CT molecular complexity index is 1210. The van der Waals surface area contributed by atoms with E-state index in [2.05, 4.69) is 17.0 Å². The van der Waals surface area contributed by atoms with Crippen LogP contribution in [0.3, 0.4) is 0 Å². The molecule has 0 aliphatic heterocycles. The van der Waals surface area contributed by atoms with Crippen LogP contribution in [0.1, 0.15) is 36.0 Å². The summed E-state index contributed by atoms with van der Waals surface area (Å²) in [4.78, 5) is 22.1. The lowest BCUT2D eigenvalue weighted by Crippen LogP contribution is -2.11. The summed E-state index contributed by atoms with van der Waals surface area (Å²) < 4.78 is 7.43. The standard InChI is InChI=1S/C20H19N5O3S/c1-2-12-3-8-15-16(9-12)29-20-18(15)19-22-17(23-24(19)11-21-20)10-28-14-6-4-13(5-7-14)25(26)27/h4-7,11-12H,2-3,8-10H2,1H3. The van der Waals surface area contributed by atoms with E-state index in [9.17, 15) is 10.1 Å². The molecule has 0 radical (unpaired) electrons. The molecule has 0 N–H and O–H groups in total. The van der Waals surface area contributed by atoms with E-state index in [-0.39, 0.29) is 12.3 Å². The average Bonchev–Trinajstić information content (AvgIpc) is 3.32. The summed E-state index contributed by atoms with van der Waals surface area (Å²) in [5.41, 5.74) is 2.23. The normalized spacial score (nSPS) is 16.2. The molecule has 0 saturated carbocycles. The van der Waals surface area contributed by atoms with Crippen molar-refractivity contribution in [2.45, 2.75) is 39.2 Å². The monoisotopic (exact) mass is 409 g/mol. The Hall–Kier alpha value is -3.07. The SMILES string of the molecule is CCC1CCc2c(sc3ncn4nc(COc5ccc([N+](=O)[O-])cc5)nc4c23)C1. The number of fused-ring (bicyclic) bond motifs is 5. The van der Waals surface area contributed by atoms with Crippen LogP contribution >= 0.6 is 11.3 Å². The predicted octanol–water partition coefficient (Wildman–Crippen LogP) is 4.34. The number of ether oxygens (including phenoxy) is 1. The van der Waals surface area contributed by atoms with Crippen molar-refractivity contribution in [1.82, 2.24) is 19.6 Å². The number of aromatic nitrogens is 4. The van der Waals surface area contributed by atoms with Crippen molar-refractivity contribution in [1.29, 1.82) is 0 Å². The summed E-state index contributed by atoms with van der Waals surface area (Å²) >= 11 is 1.78. The quantitative estimate of drug-likeness (QED) is 0.359. The lowest BCUT2D eigenvalue weighted by atomic mass is 9.86. The summed E-state index contributed by atoms with van der Waals surface area (Å²) in [5.74, 6) is 1.85. The summed E-state index contributed by atoms with van der Waals surface area (Å²) in [6.45, 7) is 2.44. The summed E-state index contributed by atoms with van der Waals surface area (Å²) in [5, 5.41) is 16.4. The van der Waals surface area contributed by atoms with Gasteiger partial charge in [-0.15, -0.1) is 16.4 Å². The van der Waals surface area contributed by atoms with Crippen molar-refractivity contribution in [2.24, 2.45) is 5.92 Å². The molecule has 0 saturated heterocycles. The van der Waals surface area contributed by atoms with Gasteiger partial charge in [-0.05, 0) is 42.9 Å². The van der Waals surface area contributed by atoms with E-state index in [1.54, 1.807) is 34.3 Å². The Morgan fingerprint density at radius 1 is 1.34 bits per heavy atom. The van der Waals surface area contributed by atoms with E-state index < -0.39 is 4.92 Å². The first kappa shape index (κ1) is 18.0. The molecule has 29 heavy (non-hydrogen) atoms. The number of rotatable bonds is 5. The van der Waals surface area contributed by atoms with Gasteiger partial charge in [0.2, 0.25) is 0 Å². The number of nitro groups is 1. The minimum absolute atomic E-state index is 0.0317. The fourth-order valence-electron chi connectivity index (χ4n) is 3.91. The van der Waals surface area contributed by atoms with Crippen molar-refractivity contribution >= 4 is 32.9 Å². The molecule has 1 aromatic carbocycles. The lowest BCUT2D eigenvalue weighted by Gasteiger charge is -2.20. The number of hydrogen-bond donors (Lipinski definition) is 0. The Morgan fingerprint density at radius 2 is 2.17 bits per heavy atom. The first-order chi connectivity index (χ1) is 14.1. The topological polar surface area (TPSA) is 95.5 Å². The van der Waals surface area contributed by atoms with Gasteiger partial charge in [-0.1, -0.05) is 13.3 Å². The molecule has 148 valence electrons. The number of non-ortho nitro benzene ring substituents is 1. The maximum Gasteiger partial charge on any atom is 0.269 e. The van der Waals surface area contributed by atoms with Crippen LogP contribution in [0.5, 0.6) is 5.75 Å². The van der Waals surface area contributed by atoms with Crippen LogP contribution in [0.4, 0.5) is 5.69 Å². The highest BCUT2D eigenvalue weighted by molar-refractivity contribution is 7.19. The van der Waals surface area contributed by atoms with Gasteiger partial charge in [0.25, 0.3) is 5.69 Å². The minimum Gasteiger partial charge on any atom is -0.486 e. The van der Waals surface area contributed by atoms with Gasteiger partial charge < -0.3 is 4.74 Å². The molecule has 1 aliphatic carbocycles. The number of thiophene rings is 1. The van der Waals surface area contributed by atoms with Gasteiger partial charge in [0.1, 0.15) is 23.5 Å². The molecule has 8 nitrogen and oxygen atoms in total. The second kappa shape index (κ2) is 7.07. The Kier molecular flexibility index (Phi) is 4.39. The number of nitro benzene ring substituents is 1. The first-order valence-corrected chi connectivity index (χ1v) is 10.5. The molecule has 5 rings (SSSR count). The van der Waals surface area contributed by atoms with Crippen LogP contribution < -0.4 is 4.74 Å². The van der Waals surface area contributed by atoms with Crippen molar-refractivity contribution in [2.75, 3.05) is 0 Å². The molecule has 1 unspecified atom stereocenters. The van der Waals surface area contributed by atoms with Crippen LogP contribution in [0, 0.1) is 16.0 Å². The molecule has 0 fully saturated rings. The molecule has 4 aromatic rings. The predicted molar refractivity (Wildman–Crippen MR) is 109 cm³/mol. The highest BCUT2D eigenvalue weighted by Crippen LogP contribution is 2.39. The second-order valence-corrected chi connectivity index (χ2v) is 8.37. The Morgan fingerprint density at radius 3 is 2.93 bits per heavy atom. The molecule has 0 bridgehead atoms. The summed E-state index contributed by atoms with van der Waals surface area (Å²) in [6.07, 6.45) is 6.32. The fourth-order valence-corrected chi connectivity index (χ4v) is 5.20. The fraction of sp³-hybridized carbons (Fsp3) is 0.350. The van der Waals surface area contributed by atoms with Crippen molar-refractivity contribution in [3.63, 3.8) is 0 Å². The highest BCUT2D eigenvalue weighted by Gasteiger charge is 2.24. The third-order valence-corrected chi connectivity index (χ3v) is 6.69. The van der Waals surface area contributed by atoms with Gasteiger partial charge in [-0.3, -0.25) is 10.1 Å². The summed E-state index contributed by atoms with van der Waals surface area (Å²) in [6, 6.07) is 5.99. The van der Waals surface area contributed by atoms with E-state index in [0.717, 1.165) is 34.6 Å². The zero-order valence-electron chi connectivity index (χ0n) is 15.9. The number of benzene rings is 1. The Balaban J connectivity index is 1.43. The number of hydrogen-bond acceptors (Lipinski definition) is 7. The van der Waals surface area contributed by atoms with Crippen LogP contribution in [0.2, 0.25) is 0 Å². The molecule has 3 aromatic heterocycles. The van der Waals surface area contributed by atoms with Crippen LogP contribution in [0.25, 0.3) is 15.9 Å². The van der Waals surface area contributed by atoms with Gasteiger partial charge in [0.15, 0.2) is 11.5 Å². The van der Waals surface area contributed by atoms with E-state index in [0.29, 0.717) is 11.6 Å². The van der Waals surface area contributed by atoms with E-state index in [1.807, 2.05) is 0 Å². The number of nitrogens with zero attached hydrogens (tertiary/aromatic N) is 5. The van der Waals surface area contributed by atoms with Crippen LogP contribution in [0.15, 0.2) is 30.6 Å². The van der Waals surface area contributed by atoms with Crippen molar-refractivity contribution in [3.8, 4) is 5.75 Å². The van der Waals surface area contributed by atoms with Crippen molar-refractivity contribution in [3.05, 3.63) is 57.0 Å². The minimum atomic E-state index is -0.435. The van der Waals surface area contributed by atoms with E-state index in [4.69, 9.17) is 9.72 Å². The Labute approximate surface area is 170 Å². The number of aryl methyl sites for hydroxylation is 1. The van der Waals surface area contributed by atoms with Gasteiger partial charge in [-0.25, -0.2) is 14.5 Å². The first-order valence-electron chi connectivity index (χ1n) is 9.64. The second-order valence-electron chi connectivity index (χ2n) is 7.28. The zero-order valence-corrected chi connectivity index (χ0v) is 16.7. The third-order valence-electron chi connectivity index (χ3n) is 5.52. The molecule has 1 aliphatic rings. The molecular formula is C20H19N5O3S. The molecule has 1 atom stereocenters. The van der Waals surface area contributed by atoms with Gasteiger partial charge in [0.05, 0.1) is 10.3 Å². The summed E-state index contributed by atoms with van der Waals surface area (Å²) in [7, 11) is 0. The van der Waals surface area contributed by atoms with Gasteiger partial charge in [-0.2, -0.15) is 0 Å². The average molecular weight is 409 g/mol. The van der Waals surface area contributed by atoms with E-state index >= 15 is 0 Å². The van der Waals surface area contributed by atoms with Gasteiger partial charge in [0, 0.05) is 17.0 Å². The zero-order chi connectivity index (χ0) is 20.0. The maximum atomic E-state index is 10.8. The molecular weight excluding hydrogens is 390 g/mol. The lowest BCUT2D eigenvalue weighted by molar-refractivity contribution is -0.384. The largest absolute Gasteiger partial charge is 0.486 e. The molecule has 9 heteroatoms. The van der Waals surface area contributed by atoms with E-state index in [1.165, 1.54) is 35.4 Å². The molecule has 0 spiro atoms. The smallest absolute Gasteiger partial charge is 0.269 e. The molecule has 3 heterocycles.